The van der Waals surface area contributed by atoms with Crippen LogP contribution in [0.3, 0.4) is 0 Å². The normalized spacial score (nSPS) is 20.7. The number of rotatable bonds is 3. The molecule has 3 heterocycles. The highest BCUT2D eigenvalue weighted by Gasteiger charge is 2.31. The number of morpholine rings is 1. The molecule has 6 heteroatoms. The fraction of sp³-hybridized carbons (Fsp3) is 0.524. The number of anilines is 1. The van der Waals surface area contributed by atoms with Crippen LogP contribution in [0.2, 0.25) is 0 Å². The Morgan fingerprint density at radius 2 is 1.89 bits per heavy atom. The lowest BCUT2D eigenvalue weighted by Gasteiger charge is -2.37. The van der Waals surface area contributed by atoms with E-state index in [-0.39, 0.29) is 11.9 Å². The number of aromatic nitrogens is 1. The fourth-order valence-electron chi connectivity index (χ4n) is 4.23. The number of fused-ring (bicyclic) bond motifs is 1. The van der Waals surface area contributed by atoms with Gasteiger partial charge in [-0.05, 0) is 31.9 Å². The second-order valence-corrected chi connectivity index (χ2v) is 7.58. The lowest BCUT2D eigenvalue weighted by atomic mass is 9.91. The van der Waals surface area contributed by atoms with Crippen LogP contribution < -0.4 is 5.73 Å². The lowest BCUT2D eigenvalue weighted by molar-refractivity contribution is -0.139. The summed E-state index contributed by atoms with van der Waals surface area (Å²) in [6.45, 7) is 6.65. The third-order valence-corrected chi connectivity index (χ3v) is 5.93. The Labute approximate surface area is 160 Å². The monoisotopic (exact) mass is 368 g/mol. The SMILES string of the molecule is CC(C(=O)N1CCC(c2nc3ccccc3cc2N)CC1)N1CCOCC1. The summed E-state index contributed by atoms with van der Waals surface area (Å²) in [6.07, 6.45) is 1.83. The third kappa shape index (κ3) is 3.77. The molecule has 1 atom stereocenters. The highest BCUT2D eigenvalue weighted by Crippen LogP contribution is 2.32. The van der Waals surface area contributed by atoms with Crippen LogP contribution in [-0.2, 0) is 9.53 Å². The van der Waals surface area contributed by atoms with Gasteiger partial charge in [0, 0.05) is 37.5 Å². The van der Waals surface area contributed by atoms with Crippen molar-refractivity contribution in [2.45, 2.75) is 31.7 Å². The maximum atomic E-state index is 12.9. The largest absolute Gasteiger partial charge is 0.397 e. The van der Waals surface area contributed by atoms with Crippen LogP contribution in [0.15, 0.2) is 30.3 Å². The van der Waals surface area contributed by atoms with Crippen molar-refractivity contribution in [3.63, 3.8) is 0 Å². The highest BCUT2D eigenvalue weighted by molar-refractivity contribution is 5.83. The van der Waals surface area contributed by atoms with Crippen LogP contribution in [0.1, 0.15) is 31.4 Å². The molecule has 1 aromatic carbocycles. The molecule has 2 aromatic rings. The van der Waals surface area contributed by atoms with E-state index in [9.17, 15) is 4.79 Å². The van der Waals surface area contributed by atoms with Gasteiger partial charge < -0.3 is 15.4 Å². The van der Waals surface area contributed by atoms with Crippen molar-refractivity contribution in [2.75, 3.05) is 45.1 Å². The van der Waals surface area contributed by atoms with Crippen molar-refractivity contribution in [2.24, 2.45) is 0 Å². The van der Waals surface area contributed by atoms with E-state index in [1.807, 2.05) is 42.2 Å². The van der Waals surface area contributed by atoms with E-state index in [0.717, 1.165) is 61.3 Å². The Balaban J connectivity index is 1.41. The second kappa shape index (κ2) is 7.82. The van der Waals surface area contributed by atoms with E-state index in [1.54, 1.807) is 0 Å². The van der Waals surface area contributed by atoms with Crippen molar-refractivity contribution in [3.05, 3.63) is 36.0 Å². The van der Waals surface area contributed by atoms with Crippen LogP contribution in [0.25, 0.3) is 10.9 Å². The summed E-state index contributed by atoms with van der Waals surface area (Å²) in [6, 6.07) is 10.0. The molecule has 0 radical (unpaired) electrons. The molecule has 27 heavy (non-hydrogen) atoms. The molecule has 2 aliphatic heterocycles. The molecule has 2 N–H and O–H groups in total. The number of ether oxygens (including phenoxy) is 1. The van der Waals surface area contributed by atoms with Crippen LogP contribution in [-0.4, -0.2) is 66.1 Å². The van der Waals surface area contributed by atoms with E-state index in [1.165, 1.54) is 0 Å². The molecule has 144 valence electrons. The number of pyridine rings is 1. The lowest BCUT2D eigenvalue weighted by Crippen LogP contribution is -2.52. The number of para-hydroxylation sites is 1. The van der Waals surface area contributed by atoms with Gasteiger partial charge in [0.25, 0.3) is 0 Å². The quantitative estimate of drug-likeness (QED) is 0.900. The molecule has 1 amide bonds. The molecule has 4 rings (SSSR count). The number of carbonyl (C=O) groups excluding carboxylic acids is 1. The number of nitrogens with two attached hydrogens (primary N) is 1. The minimum atomic E-state index is -0.0747. The predicted octanol–water partition coefficient (Wildman–Crippen LogP) is 2.24. The molecule has 1 unspecified atom stereocenters. The maximum Gasteiger partial charge on any atom is 0.239 e. The summed E-state index contributed by atoms with van der Waals surface area (Å²) in [5, 5.41) is 1.07. The Kier molecular flexibility index (Phi) is 5.27. The van der Waals surface area contributed by atoms with Crippen LogP contribution in [0.4, 0.5) is 5.69 Å². The van der Waals surface area contributed by atoms with E-state index in [0.29, 0.717) is 19.1 Å². The Morgan fingerprint density at radius 1 is 1.19 bits per heavy atom. The summed E-state index contributed by atoms with van der Waals surface area (Å²) in [5.74, 6) is 0.548. The van der Waals surface area contributed by atoms with E-state index >= 15 is 0 Å². The highest BCUT2D eigenvalue weighted by atomic mass is 16.5. The fourth-order valence-corrected chi connectivity index (χ4v) is 4.23. The summed E-state index contributed by atoms with van der Waals surface area (Å²) >= 11 is 0. The van der Waals surface area contributed by atoms with Gasteiger partial charge in [0.15, 0.2) is 0 Å². The van der Waals surface area contributed by atoms with Gasteiger partial charge >= 0.3 is 0 Å². The maximum absolute atomic E-state index is 12.9. The number of hydrogen-bond donors (Lipinski definition) is 1. The standard InChI is InChI=1S/C21H28N4O2/c1-15(24-10-12-27-13-11-24)21(26)25-8-6-16(7-9-25)20-18(22)14-17-4-2-3-5-19(17)23-20/h2-5,14-16H,6-13,22H2,1H3. The number of carbonyl (C=O) groups is 1. The van der Waals surface area contributed by atoms with Crippen LogP contribution in [0, 0.1) is 0 Å². The van der Waals surface area contributed by atoms with Gasteiger partial charge in [-0.3, -0.25) is 14.7 Å². The molecule has 0 spiro atoms. The van der Waals surface area contributed by atoms with Crippen LogP contribution >= 0.6 is 0 Å². The van der Waals surface area contributed by atoms with Crippen molar-refractivity contribution < 1.29 is 9.53 Å². The van der Waals surface area contributed by atoms with E-state index < -0.39 is 0 Å². The van der Waals surface area contributed by atoms with Gasteiger partial charge in [-0.2, -0.15) is 0 Å². The van der Waals surface area contributed by atoms with Gasteiger partial charge in [-0.1, -0.05) is 18.2 Å². The van der Waals surface area contributed by atoms with E-state index in [4.69, 9.17) is 15.5 Å². The van der Waals surface area contributed by atoms with Crippen LogP contribution in [0.5, 0.6) is 0 Å². The minimum Gasteiger partial charge on any atom is -0.397 e. The zero-order valence-corrected chi connectivity index (χ0v) is 15.9. The number of piperidine rings is 1. The average molecular weight is 368 g/mol. The van der Waals surface area contributed by atoms with Crippen molar-refractivity contribution in [1.29, 1.82) is 0 Å². The molecule has 2 saturated heterocycles. The molecule has 0 aliphatic carbocycles. The molecule has 2 aliphatic rings. The molecule has 0 bridgehead atoms. The van der Waals surface area contributed by atoms with Crippen molar-refractivity contribution >= 4 is 22.5 Å². The van der Waals surface area contributed by atoms with Gasteiger partial charge in [-0.15, -0.1) is 0 Å². The van der Waals surface area contributed by atoms with Gasteiger partial charge in [0.1, 0.15) is 0 Å². The zero-order valence-electron chi connectivity index (χ0n) is 15.9. The molecule has 6 nitrogen and oxygen atoms in total. The second-order valence-electron chi connectivity index (χ2n) is 7.58. The first-order chi connectivity index (χ1) is 13.1. The Bertz CT molecular complexity index is 811. The number of nitrogens with zero attached hydrogens (tertiary/aromatic N) is 3. The predicted molar refractivity (Wildman–Crippen MR) is 107 cm³/mol. The minimum absolute atomic E-state index is 0.0747. The van der Waals surface area contributed by atoms with Crippen molar-refractivity contribution in [3.8, 4) is 0 Å². The number of amides is 1. The summed E-state index contributed by atoms with van der Waals surface area (Å²) in [5.41, 5.74) is 9.04. The molecular formula is C21H28N4O2. The third-order valence-electron chi connectivity index (χ3n) is 5.93. The first-order valence-electron chi connectivity index (χ1n) is 9.89. The average Bonchev–Trinajstić information content (AvgIpc) is 2.73. The number of nitrogen functional groups attached to an aromatic ring is 1. The molecular weight excluding hydrogens is 340 g/mol. The molecule has 2 fully saturated rings. The zero-order chi connectivity index (χ0) is 18.8. The Hall–Kier alpha value is -2.18. The number of likely N-dealkylation sites (tertiary alicyclic amines) is 1. The summed E-state index contributed by atoms with van der Waals surface area (Å²) < 4.78 is 5.39. The summed E-state index contributed by atoms with van der Waals surface area (Å²) in [4.78, 5) is 21.9. The van der Waals surface area contributed by atoms with Crippen molar-refractivity contribution in [1.82, 2.24) is 14.8 Å². The van der Waals surface area contributed by atoms with Gasteiger partial charge in [-0.25, -0.2) is 0 Å². The smallest absolute Gasteiger partial charge is 0.239 e. The number of benzene rings is 1. The Morgan fingerprint density at radius 3 is 2.63 bits per heavy atom. The van der Waals surface area contributed by atoms with Gasteiger partial charge in [0.05, 0.1) is 36.2 Å². The molecule has 0 saturated carbocycles. The summed E-state index contributed by atoms with van der Waals surface area (Å²) in [7, 11) is 0. The first kappa shape index (κ1) is 18.2. The van der Waals surface area contributed by atoms with Gasteiger partial charge in [0.2, 0.25) is 5.91 Å². The topological polar surface area (TPSA) is 71.7 Å². The molecule has 1 aromatic heterocycles. The van der Waals surface area contributed by atoms with E-state index in [2.05, 4.69) is 4.90 Å². The number of hydrogen-bond acceptors (Lipinski definition) is 5. The first-order valence-corrected chi connectivity index (χ1v) is 9.89.